The first kappa shape index (κ1) is 18.8. The van der Waals surface area contributed by atoms with Gasteiger partial charge in [0.1, 0.15) is 12.0 Å². The molecule has 1 saturated heterocycles. The largest absolute Gasteiger partial charge is 0.393 e. The van der Waals surface area contributed by atoms with Crippen LogP contribution in [-0.4, -0.2) is 41.1 Å². The Morgan fingerprint density at radius 1 is 1.11 bits per heavy atom. The van der Waals surface area contributed by atoms with Crippen LogP contribution >= 0.6 is 22.9 Å². The number of hydrogen-bond donors (Lipinski definition) is 2. The predicted octanol–water partition coefficient (Wildman–Crippen LogP) is 3.86. The highest BCUT2D eigenvalue weighted by Gasteiger charge is 2.22. The van der Waals surface area contributed by atoms with Crippen molar-refractivity contribution in [2.45, 2.75) is 13.8 Å². The molecule has 0 bridgehead atoms. The summed E-state index contributed by atoms with van der Waals surface area (Å²) in [5.41, 5.74) is 9.08. The minimum Gasteiger partial charge on any atom is -0.393 e. The van der Waals surface area contributed by atoms with Crippen LogP contribution in [0.2, 0.25) is 5.02 Å². The maximum atomic E-state index is 6.39. The lowest BCUT2D eigenvalue weighted by Gasteiger charge is -2.37. The number of piperazine rings is 1. The van der Waals surface area contributed by atoms with E-state index in [0.29, 0.717) is 11.5 Å². The summed E-state index contributed by atoms with van der Waals surface area (Å²) < 4.78 is 0. The quantitative estimate of drug-likeness (QED) is 0.669. The number of nitrogens with one attached hydrogen (secondary N) is 1. The van der Waals surface area contributed by atoms with Gasteiger partial charge >= 0.3 is 0 Å². The second kappa shape index (κ2) is 7.81. The van der Waals surface area contributed by atoms with Crippen LogP contribution in [0.1, 0.15) is 10.6 Å². The number of nitrogens with zero attached hydrogens (tertiary/aromatic N) is 5. The van der Waals surface area contributed by atoms with E-state index in [1.165, 1.54) is 4.88 Å². The normalized spacial score (nSPS) is 14.4. The van der Waals surface area contributed by atoms with Gasteiger partial charge in [0, 0.05) is 41.8 Å². The molecule has 0 saturated carbocycles. The van der Waals surface area contributed by atoms with E-state index in [9.17, 15) is 0 Å². The highest BCUT2D eigenvalue weighted by Crippen LogP contribution is 2.31. The fourth-order valence-corrected chi connectivity index (χ4v) is 4.21. The highest BCUT2D eigenvalue weighted by atomic mass is 35.5. The third-order valence-electron chi connectivity index (χ3n) is 4.87. The lowest BCUT2D eigenvalue weighted by Crippen LogP contribution is -2.47. The molecule has 3 aromatic rings. The van der Waals surface area contributed by atoms with Gasteiger partial charge in [-0.15, -0.1) is 11.3 Å². The number of halogens is 1. The molecule has 4 rings (SSSR count). The molecule has 0 unspecified atom stereocenters. The van der Waals surface area contributed by atoms with Gasteiger partial charge in [0.25, 0.3) is 0 Å². The van der Waals surface area contributed by atoms with E-state index < -0.39 is 0 Å². The maximum Gasteiger partial charge on any atom is 0.188 e. The topological polar surface area (TPSA) is 83.2 Å². The third kappa shape index (κ3) is 3.83. The van der Waals surface area contributed by atoms with Gasteiger partial charge in [-0.3, -0.25) is 0 Å². The van der Waals surface area contributed by atoms with Crippen LogP contribution in [0.15, 0.2) is 30.6 Å². The molecule has 1 aliphatic heterocycles. The zero-order valence-corrected chi connectivity index (χ0v) is 17.4. The number of hydrogen-bond acceptors (Lipinski definition) is 8. The highest BCUT2D eigenvalue weighted by molar-refractivity contribution is 7.15. The molecule has 2 aromatic heterocycles. The van der Waals surface area contributed by atoms with Crippen LogP contribution in [0, 0.1) is 13.8 Å². The number of nitrogen functional groups attached to an aromatic ring is 1. The van der Waals surface area contributed by atoms with Gasteiger partial charge < -0.3 is 20.9 Å². The summed E-state index contributed by atoms with van der Waals surface area (Å²) in [7, 11) is 0. The Balaban J connectivity index is 1.48. The fourth-order valence-electron chi connectivity index (χ4n) is 3.21. The van der Waals surface area contributed by atoms with Gasteiger partial charge in [0.05, 0.1) is 5.69 Å². The van der Waals surface area contributed by atoms with Crippen molar-refractivity contribution < 1.29 is 0 Å². The van der Waals surface area contributed by atoms with E-state index in [1.807, 2.05) is 32.0 Å². The van der Waals surface area contributed by atoms with Crippen molar-refractivity contribution in [3.05, 3.63) is 46.2 Å². The Morgan fingerprint density at radius 2 is 1.86 bits per heavy atom. The number of rotatable bonds is 4. The molecule has 9 heteroatoms. The zero-order valence-electron chi connectivity index (χ0n) is 15.8. The van der Waals surface area contributed by atoms with Gasteiger partial charge in [-0.1, -0.05) is 17.7 Å². The van der Waals surface area contributed by atoms with Crippen LogP contribution in [0.25, 0.3) is 0 Å². The molecule has 7 nitrogen and oxygen atoms in total. The average Bonchev–Trinajstić information content (AvgIpc) is 3.01. The Bertz CT molecular complexity index is 963. The van der Waals surface area contributed by atoms with Crippen molar-refractivity contribution in [2.75, 3.05) is 47.0 Å². The monoisotopic (exact) mass is 415 g/mol. The molecule has 3 heterocycles. The second-order valence-corrected chi connectivity index (χ2v) is 8.34. The van der Waals surface area contributed by atoms with E-state index in [0.717, 1.165) is 53.5 Å². The third-order valence-corrected chi connectivity index (χ3v) is 6.09. The summed E-state index contributed by atoms with van der Waals surface area (Å²) in [6.45, 7) is 7.43. The molecule has 1 aromatic carbocycles. The summed E-state index contributed by atoms with van der Waals surface area (Å²) in [4.78, 5) is 18.9. The minimum absolute atomic E-state index is 0.546. The van der Waals surface area contributed by atoms with E-state index in [-0.39, 0.29) is 0 Å². The van der Waals surface area contributed by atoms with Crippen molar-refractivity contribution in [3.8, 4) is 0 Å². The summed E-state index contributed by atoms with van der Waals surface area (Å²) in [6, 6.07) is 7.95. The number of nitrogens with two attached hydrogens (primary N) is 1. The molecule has 0 radical (unpaired) electrons. The summed E-state index contributed by atoms with van der Waals surface area (Å²) >= 11 is 7.71. The van der Waals surface area contributed by atoms with Crippen LogP contribution in [0.5, 0.6) is 0 Å². The first-order valence-electron chi connectivity index (χ1n) is 9.08. The molecule has 0 aliphatic carbocycles. The first-order valence-corrected chi connectivity index (χ1v) is 10.3. The smallest absolute Gasteiger partial charge is 0.188 e. The molecule has 0 atom stereocenters. The summed E-state index contributed by atoms with van der Waals surface area (Å²) in [5, 5.41) is 4.78. The minimum atomic E-state index is 0.546. The predicted molar refractivity (Wildman–Crippen MR) is 117 cm³/mol. The van der Waals surface area contributed by atoms with Crippen molar-refractivity contribution in [2.24, 2.45) is 0 Å². The Kier molecular flexibility index (Phi) is 5.23. The molecule has 28 heavy (non-hydrogen) atoms. The molecular weight excluding hydrogens is 394 g/mol. The Hall–Kier alpha value is -2.58. The Morgan fingerprint density at radius 3 is 2.54 bits per heavy atom. The molecule has 0 amide bonds. The lowest BCUT2D eigenvalue weighted by atomic mass is 10.2. The van der Waals surface area contributed by atoms with E-state index in [4.69, 9.17) is 17.3 Å². The van der Waals surface area contributed by atoms with Crippen molar-refractivity contribution in [1.29, 1.82) is 0 Å². The van der Waals surface area contributed by atoms with E-state index in [2.05, 4.69) is 36.1 Å². The summed E-state index contributed by atoms with van der Waals surface area (Å²) in [6.07, 6.45) is 1.55. The van der Waals surface area contributed by atoms with Crippen molar-refractivity contribution in [3.63, 3.8) is 0 Å². The Labute approximate surface area is 173 Å². The van der Waals surface area contributed by atoms with Crippen LogP contribution in [0.3, 0.4) is 0 Å². The van der Waals surface area contributed by atoms with Gasteiger partial charge in [0.15, 0.2) is 16.8 Å². The number of aromatic nitrogens is 3. The molecule has 1 aliphatic rings. The van der Waals surface area contributed by atoms with Gasteiger partial charge in [-0.05, 0) is 32.0 Å². The molecular formula is C19H22ClN7S. The van der Waals surface area contributed by atoms with E-state index >= 15 is 0 Å². The molecule has 3 N–H and O–H groups in total. The molecule has 0 spiro atoms. The van der Waals surface area contributed by atoms with Crippen molar-refractivity contribution in [1.82, 2.24) is 15.0 Å². The van der Waals surface area contributed by atoms with E-state index in [1.54, 1.807) is 17.7 Å². The van der Waals surface area contributed by atoms with Gasteiger partial charge in [-0.2, -0.15) is 0 Å². The SMILES string of the molecule is Cc1nc(Nc2ncnc(N3CCN(c4cccc(Cl)c4)CC3)c2N)sc1C. The molecule has 146 valence electrons. The fraction of sp³-hybridized carbons (Fsp3) is 0.316. The first-order chi connectivity index (χ1) is 13.5. The molecule has 1 fully saturated rings. The maximum absolute atomic E-state index is 6.39. The number of aryl methyl sites for hydroxylation is 2. The van der Waals surface area contributed by atoms with Gasteiger partial charge in [-0.25, -0.2) is 15.0 Å². The van der Waals surface area contributed by atoms with Gasteiger partial charge in [0.2, 0.25) is 0 Å². The number of anilines is 5. The number of benzene rings is 1. The number of thiazole rings is 1. The van der Waals surface area contributed by atoms with Crippen molar-refractivity contribution >= 4 is 51.1 Å². The van der Waals surface area contributed by atoms with Crippen LogP contribution < -0.4 is 20.9 Å². The standard InChI is InChI=1S/C19H22ClN7S/c1-12-13(2)28-19(24-12)25-17-16(21)18(23-11-22-17)27-8-6-26(7-9-27)15-5-3-4-14(20)10-15/h3-5,10-11H,6-9,21H2,1-2H3,(H,22,23,24,25). The summed E-state index contributed by atoms with van der Waals surface area (Å²) in [5.74, 6) is 1.35. The lowest BCUT2D eigenvalue weighted by molar-refractivity contribution is 0.647. The zero-order chi connectivity index (χ0) is 19.7. The van der Waals surface area contributed by atoms with Crippen LogP contribution in [-0.2, 0) is 0 Å². The average molecular weight is 416 g/mol. The second-order valence-electron chi connectivity index (χ2n) is 6.70. The van der Waals surface area contributed by atoms with Crippen LogP contribution in [0.4, 0.5) is 28.1 Å².